The second-order valence-corrected chi connectivity index (χ2v) is 4.84. The van der Waals surface area contributed by atoms with Crippen molar-refractivity contribution in [2.24, 2.45) is 0 Å². The lowest BCUT2D eigenvalue weighted by Gasteiger charge is -2.22. The van der Waals surface area contributed by atoms with E-state index in [1.807, 2.05) is 31.3 Å². The van der Waals surface area contributed by atoms with Crippen molar-refractivity contribution >= 4 is 12.2 Å². The van der Waals surface area contributed by atoms with Gasteiger partial charge in [0, 0.05) is 13.6 Å². The second kappa shape index (κ2) is 9.37. The Hall–Kier alpha value is -1.55. The molecule has 0 aliphatic heterocycles. The summed E-state index contributed by atoms with van der Waals surface area (Å²) in [4.78, 5) is 15.1. The van der Waals surface area contributed by atoms with Gasteiger partial charge in [-0.05, 0) is 44.6 Å². The van der Waals surface area contributed by atoms with Crippen LogP contribution < -0.4 is 9.64 Å². The molecule has 0 saturated heterocycles. The van der Waals surface area contributed by atoms with Gasteiger partial charge in [-0.15, -0.1) is 0 Å². The standard InChI is InChI=1S/C16H26N2O2/c1-4-18(5-2)13-9-8-12-17(3)15-10-6-7-11-16(15)20-14-19/h6-7,10-11,14H,4-5,8-9,12-13H2,1-3H3. The highest BCUT2D eigenvalue weighted by atomic mass is 16.5. The number of nitrogens with zero attached hydrogens (tertiary/aromatic N) is 2. The van der Waals surface area contributed by atoms with E-state index in [0.717, 1.165) is 38.3 Å². The van der Waals surface area contributed by atoms with Crippen molar-refractivity contribution < 1.29 is 9.53 Å². The largest absolute Gasteiger partial charge is 0.427 e. The molecule has 0 N–H and O–H groups in total. The number of hydrogen-bond acceptors (Lipinski definition) is 4. The Labute approximate surface area is 122 Å². The van der Waals surface area contributed by atoms with Gasteiger partial charge in [-0.25, -0.2) is 0 Å². The zero-order chi connectivity index (χ0) is 14.8. The molecule has 0 amide bonds. The summed E-state index contributed by atoms with van der Waals surface area (Å²) in [6, 6.07) is 7.62. The van der Waals surface area contributed by atoms with Crippen LogP contribution in [0, 0.1) is 0 Å². The van der Waals surface area contributed by atoms with Crippen LogP contribution in [-0.4, -0.2) is 44.6 Å². The van der Waals surface area contributed by atoms with Crippen molar-refractivity contribution in [1.29, 1.82) is 0 Å². The smallest absolute Gasteiger partial charge is 0.298 e. The topological polar surface area (TPSA) is 32.8 Å². The van der Waals surface area contributed by atoms with Crippen LogP contribution in [0.25, 0.3) is 0 Å². The zero-order valence-corrected chi connectivity index (χ0v) is 12.8. The Kier molecular flexibility index (Phi) is 7.73. The minimum atomic E-state index is 0.479. The minimum absolute atomic E-state index is 0.479. The Morgan fingerprint density at radius 3 is 2.40 bits per heavy atom. The molecule has 20 heavy (non-hydrogen) atoms. The molecule has 0 aliphatic carbocycles. The first-order chi connectivity index (χ1) is 9.72. The van der Waals surface area contributed by atoms with Crippen molar-refractivity contribution in [1.82, 2.24) is 4.90 Å². The summed E-state index contributed by atoms with van der Waals surface area (Å²) >= 11 is 0. The summed E-state index contributed by atoms with van der Waals surface area (Å²) in [5, 5.41) is 0. The number of carbonyl (C=O) groups excluding carboxylic acids is 1. The van der Waals surface area contributed by atoms with Gasteiger partial charge in [-0.3, -0.25) is 4.79 Å². The maximum absolute atomic E-state index is 10.5. The fraction of sp³-hybridized carbons (Fsp3) is 0.562. The molecule has 112 valence electrons. The third-order valence-corrected chi connectivity index (χ3v) is 3.56. The van der Waals surface area contributed by atoms with E-state index >= 15 is 0 Å². The first-order valence-electron chi connectivity index (χ1n) is 7.35. The Bertz CT molecular complexity index is 392. The molecule has 0 aromatic heterocycles. The van der Waals surface area contributed by atoms with Gasteiger partial charge >= 0.3 is 0 Å². The van der Waals surface area contributed by atoms with Gasteiger partial charge in [-0.2, -0.15) is 0 Å². The third kappa shape index (κ3) is 5.21. The Morgan fingerprint density at radius 1 is 1.10 bits per heavy atom. The molecule has 4 nitrogen and oxygen atoms in total. The van der Waals surface area contributed by atoms with Gasteiger partial charge < -0.3 is 14.5 Å². The summed E-state index contributed by atoms with van der Waals surface area (Å²) in [7, 11) is 2.03. The van der Waals surface area contributed by atoms with E-state index in [2.05, 4.69) is 23.6 Å². The molecule has 1 rings (SSSR count). The summed E-state index contributed by atoms with van der Waals surface area (Å²) < 4.78 is 5.01. The Morgan fingerprint density at radius 2 is 1.75 bits per heavy atom. The molecule has 0 spiro atoms. The van der Waals surface area contributed by atoms with Crippen LogP contribution in [-0.2, 0) is 4.79 Å². The third-order valence-electron chi connectivity index (χ3n) is 3.56. The number of para-hydroxylation sites is 2. The highest BCUT2D eigenvalue weighted by molar-refractivity contribution is 5.61. The van der Waals surface area contributed by atoms with Gasteiger partial charge in [0.2, 0.25) is 0 Å². The molecule has 0 radical (unpaired) electrons. The van der Waals surface area contributed by atoms with Gasteiger partial charge in [-0.1, -0.05) is 26.0 Å². The number of carbonyl (C=O) groups is 1. The predicted octanol–water partition coefficient (Wildman–Crippen LogP) is 2.78. The molecule has 1 aromatic rings. The molecule has 4 heteroatoms. The van der Waals surface area contributed by atoms with Crippen molar-refractivity contribution in [2.45, 2.75) is 26.7 Å². The number of hydrogen-bond donors (Lipinski definition) is 0. The monoisotopic (exact) mass is 278 g/mol. The Balaban J connectivity index is 2.42. The molecule has 0 atom stereocenters. The maximum atomic E-state index is 10.5. The van der Waals surface area contributed by atoms with Gasteiger partial charge in [0.15, 0.2) is 5.75 Å². The quantitative estimate of drug-likeness (QED) is 0.487. The summed E-state index contributed by atoms with van der Waals surface area (Å²) in [6.45, 7) is 9.21. The van der Waals surface area contributed by atoms with Gasteiger partial charge in [0.05, 0.1) is 5.69 Å². The molecular weight excluding hydrogens is 252 g/mol. The van der Waals surface area contributed by atoms with Crippen LogP contribution in [0.2, 0.25) is 0 Å². The van der Waals surface area contributed by atoms with E-state index in [1.54, 1.807) is 0 Å². The summed E-state index contributed by atoms with van der Waals surface area (Å²) in [6.07, 6.45) is 2.31. The van der Waals surface area contributed by atoms with Crippen LogP contribution in [0.1, 0.15) is 26.7 Å². The normalized spacial score (nSPS) is 10.6. The van der Waals surface area contributed by atoms with Crippen LogP contribution >= 0.6 is 0 Å². The molecular formula is C16H26N2O2. The number of anilines is 1. The molecule has 0 unspecified atom stereocenters. The van der Waals surface area contributed by atoms with Crippen LogP contribution in [0.4, 0.5) is 5.69 Å². The van der Waals surface area contributed by atoms with E-state index in [9.17, 15) is 4.79 Å². The van der Waals surface area contributed by atoms with Crippen LogP contribution in [0.5, 0.6) is 5.75 Å². The zero-order valence-electron chi connectivity index (χ0n) is 12.8. The predicted molar refractivity (Wildman–Crippen MR) is 83.4 cm³/mol. The average Bonchev–Trinajstić information content (AvgIpc) is 2.48. The highest BCUT2D eigenvalue weighted by Crippen LogP contribution is 2.26. The van der Waals surface area contributed by atoms with Crippen molar-refractivity contribution in [3.05, 3.63) is 24.3 Å². The average molecular weight is 278 g/mol. The molecule has 0 bridgehead atoms. The van der Waals surface area contributed by atoms with Gasteiger partial charge in [0.1, 0.15) is 0 Å². The molecule has 0 saturated carbocycles. The second-order valence-electron chi connectivity index (χ2n) is 4.84. The van der Waals surface area contributed by atoms with E-state index in [4.69, 9.17) is 4.74 Å². The number of rotatable bonds is 10. The molecule has 0 fully saturated rings. The van der Waals surface area contributed by atoms with E-state index in [1.165, 1.54) is 6.42 Å². The molecule has 1 aromatic carbocycles. The first kappa shape index (κ1) is 16.5. The van der Waals surface area contributed by atoms with Crippen LogP contribution in [0.15, 0.2) is 24.3 Å². The lowest BCUT2D eigenvalue weighted by atomic mass is 10.2. The van der Waals surface area contributed by atoms with Crippen molar-refractivity contribution in [2.75, 3.05) is 38.1 Å². The summed E-state index contributed by atoms with van der Waals surface area (Å²) in [5.41, 5.74) is 0.961. The molecule has 0 heterocycles. The van der Waals surface area contributed by atoms with Crippen molar-refractivity contribution in [3.8, 4) is 5.75 Å². The van der Waals surface area contributed by atoms with Crippen molar-refractivity contribution in [3.63, 3.8) is 0 Å². The molecule has 0 aliphatic rings. The van der Waals surface area contributed by atoms with E-state index < -0.39 is 0 Å². The number of ether oxygens (including phenoxy) is 1. The lowest BCUT2D eigenvalue weighted by Crippen LogP contribution is -2.25. The van der Waals surface area contributed by atoms with Gasteiger partial charge in [0.25, 0.3) is 6.47 Å². The fourth-order valence-electron chi connectivity index (χ4n) is 2.27. The minimum Gasteiger partial charge on any atom is -0.427 e. The van der Waals surface area contributed by atoms with E-state index in [-0.39, 0.29) is 0 Å². The first-order valence-corrected chi connectivity index (χ1v) is 7.35. The van der Waals surface area contributed by atoms with Crippen LogP contribution in [0.3, 0.4) is 0 Å². The highest BCUT2D eigenvalue weighted by Gasteiger charge is 2.08. The number of benzene rings is 1. The van der Waals surface area contributed by atoms with E-state index in [0.29, 0.717) is 12.2 Å². The number of unbranched alkanes of at least 4 members (excludes halogenated alkanes) is 1. The maximum Gasteiger partial charge on any atom is 0.298 e. The SMILES string of the molecule is CCN(CC)CCCCN(C)c1ccccc1OC=O. The summed E-state index contributed by atoms with van der Waals surface area (Å²) in [5.74, 6) is 0.619. The fourth-order valence-corrected chi connectivity index (χ4v) is 2.27. The lowest BCUT2D eigenvalue weighted by molar-refractivity contribution is -0.120.